The lowest BCUT2D eigenvalue weighted by molar-refractivity contribution is 1.37. The number of para-hydroxylation sites is 1. The van der Waals surface area contributed by atoms with Gasteiger partial charge in [0.05, 0.1) is 15.9 Å². The van der Waals surface area contributed by atoms with Crippen molar-refractivity contribution in [1.29, 1.82) is 0 Å². The Balaban J connectivity index is 1.98. The molecule has 0 aliphatic rings. The number of nitrogens with one attached hydrogen (secondary N) is 1. The van der Waals surface area contributed by atoms with Crippen molar-refractivity contribution < 1.29 is 0 Å². The number of aromatic nitrogens is 2. The molecule has 0 aliphatic heterocycles. The van der Waals surface area contributed by atoms with Gasteiger partial charge in [-0.25, -0.2) is 4.98 Å². The fraction of sp³-hybridized carbons (Fsp3) is 0.118. The number of aromatic amines is 1. The van der Waals surface area contributed by atoms with Crippen LogP contribution in [0.1, 0.15) is 11.1 Å². The Morgan fingerprint density at radius 3 is 2.60 bits per heavy atom. The van der Waals surface area contributed by atoms with Crippen LogP contribution in [0.2, 0.25) is 0 Å². The first-order valence-electron chi connectivity index (χ1n) is 6.67. The van der Waals surface area contributed by atoms with Crippen LogP contribution in [-0.2, 0) is 0 Å². The molecular formula is C17H14N2S. The summed E-state index contributed by atoms with van der Waals surface area (Å²) in [5.74, 6) is 0. The van der Waals surface area contributed by atoms with E-state index < -0.39 is 0 Å². The van der Waals surface area contributed by atoms with E-state index in [-0.39, 0.29) is 0 Å². The van der Waals surface area contributed by atoms with E-state index >= 15 is 0 Å². The average molecular weight is 278 g/mol. The van der Waals surface area contributed by atoms with Gasteiger partial charge in [0, 0.05) is 10.9 Å². The number of hydrogen-bond donors (Lipinski definition) is 1. The van der Waals surface area contributed by atoms with Gasteiger partial charge in [-0.2, -0.15) is 0 Å². The topological polar surface area (TPSA) is 28.7 Å². The van der Waals surface area contributed by atoms with Gasteiger partial charge in [0.1, 0.15) is 5.01 Å². The minimum atomic E-state index is 1.06. The van der Waals surface area contributed by atoms with Crippen molar-refractivity contribution in [3.05, 3.63) is 53.6 Å². The Hall–Kier alpha value is -2.13. The van der Waals surface area contributed by atoms with E-state index in [4.69, 9.17) is 4.98 Å². The van der Waals surface area contributed by atoms with Crippen LogP contribution in [0.15, 0.2) is 42.5 Å². The number of thiazole rings is 1. The van der Waals surface area contributed by atoms with Crippen LogP contribution in [0.4, 0.5) is 0 Å². The predicted molar refractivity (Wildman–Crippen MR) is 86.4 cm³/mol. The van der Waals surface area contributed by atoms with Crippen molar-refractivity contribution in [2.45, 2.75) is 13.8 Å². The van der Waals surface area contributed by atoms with Crippen molar-refractivity contribution in [1.82, 2.24) is 9.97 Å². The van der Waals surface area contributed by atoms with Gasteiger partial charge in [-0.15, -0.1) is 11.3 Å². The highest BCUT2D eigenvalue weighted by Gasteiger charge is 2.11. The summed E-state index contributed by atoms with van der Waals surface area (Å²) in [7, 11) is 0. The van der Waals surface area contributed by atoms with Crippen LogP contribution in [-0.4, -0.2) is 9.97 Å². The lowest BCUT2D eigenvalue weighted by Gasteiger charge is -1.96. The molecule has 0 aliphatic carbocycles. The fourth-order valence-corrected chi connectivity index (χ4v) is 3.65. The van der Waals surface area contributed by atoms with Gasteiger partial charge in [-0.1, -0.05) is 30.3 Å². The molecule has 0 amide bonds. The Kier molecular flexibility index (Phi) is 2.44. The lowest BCUT2D eigenvalue weighted by atomic mass is 10.1. The number of aryl methyl sites for hydroxylation is 2. The summed E-state index contributed by atoms with van der Waals surface area (Å²) in [6.45, 7) is 4.27. The molecule has 4 aromatic rings. The third-order valence-electron chi connectivity index (χ3n) is 3.70. The highest BCUT2D eigenvalue weighted by atomic mass is 32.1. The number of benzene rings is 2. The van der Waals surface area contributed by atoms with Crippen LogP contribution in [0.5, 0.6) is 0 Å². The maximum absolute atomic E-state index is 4.83. The summed E-state index contributed by atoms with van der Waals surface area (Å²) in [4.78, 5) is 8.29. The highest BCUT2D eigenvalue weighted by Crippen LogP contribution is 2.34. The molecule has 0 saturated carbocycles. The van der Waals surface area contributed by atoms with E-state index in [0.29, 0.717) is 0 Å². The number of hydrogen-bond acceptors (Lipinski definition) is 2. The second kappa shape index (κ2) is 4.18. The van der Waals surface area contributed by atoms with E-state index in [0.717, 1.165) is 21.7 Å². The third kappa shape index (κ3) is 1.67. The minimum Gasteiger partial charge on any atom is -0.353 e. The lowest BCUT2D eigenvalue weighted by Crippen LogP contribution is -1.79. The van der Waals surface area contributed by atoms with E-state index in [1.165, 1.54) is 21.2 Å². The maximum Gasteiger partial charge on any atom is 0.140 e. The van der Waals surface area contributed by atoms with Crippen LogP contribution in [0, 0.1) is 13.8 Å². The first-order chi connectivity index (χ1) is 9.72. The average Bonchev–Trinajstić information content (AvgIpc) is 3.06. The summed E-state index contributed by atoms with van der Waals surface area (Å²) in [5.41, 5.74) is 5.93. The van der Waals surface area contributed by atoms with Crippen LogP contribution in [0.3, 0.4) is 0 Å². The van der Waals surface area contributed by atoms with Crippen molar-refractivity contribution in [2.24, 2.45) is 0 Å². The molecule has 2 heterocycles. The molecular weight excluding hydrogens is 264 g/mol. The predicted octanol–water partition coefficient (Wildman–Crippen LogP) is 5.06. The summed E-state index contributed by atoms with van der Waals surface area (Å²) < 4.78 is 1.29. The Labute approximate surface area is 121 Å². The third-order valence-corrected chi connectivity index (χ3v) is 4.93. The van der Waals surface area contributed by atoms with Crippen LogP contribution >= 0.6 is 11.3 Å². The fourth-order valence-electron chi connectivity index (χ4n) is 2.56. The molecule has 0 unspecified atom stereocenters. The molecule has 20 heavy (non-hydrogen) atoms. The summed E-state index contributed by atoms with van der Waals surface area (Å²) in [6.07, 6.45) is 0. The monoisotopic (exact) mass is 278 g/mol. The van der Waals surface area contributed by atoms with Crippen molar-refractivity contribution in [3.8, 4) is 10.7 Å². The Morgan fingerprint density at radius 2 is 1.80 bits per heavy atom. The molecule has 0 atom stereocenters. The Morgan fingerprint density at radius 1 is 1.00 bits per heavy atom. The van der Waals surface area contributed by atoms with E-state index in [1.807, 2.05) is 0 Å². The zero-order valence-corrected chi connectivity index (χ0v) is 12.2. The van der Waals surface area contributed by atoms with Crippen LogP contribution in [0.25, 0.3) is 31.8 Å². The van der Waals surface area contributed by atoms with E-state index in [2.05, 4.69) is 61.3 Å². The molecule has 3 heteroatoms. The normalized spacial score (nSPS) is 11.5. The molecule has 1 N–H and O–H groups in total. The molecule has 0 saturated heterocycles. The van der Waals surface area contributed by atoms with Gasteiger partial charge in [0.2, 0.25) is 0 Å². The van der Waals surface area contributed by atoms with Gasteiger partial charge < -0.3 is 4.98 Å². The highest BCUT2D eigenvalue weighted by molar-refractivity contribution is 7.21. The SMILES string of the molecule is Cc1ccc(C)c2sc(-c3cc4ccccc4[nH]3)nc12. The van der Waals surface area contributed by atoms with Gasteiger partial charge in [0.15, 0.2) is 0 Å². The first-order valence-corrected chi connectivity index (χ1v) is 7.49. The molecule has 0 bridgehead atoms. The Bertz CT molecular complexity index is 859. The number of fused-ring (bicyclic) bond motifs is 2. The second-order valence-corrected chi connectivity index (χ2v) is 6.17. The molecule has 98 valence electrons. The van der Waals surface area contributed by atoms with Gasteiger partial charge in [-0.3, -0.25) is 0 Å². The number of rotatable bonds is 1. The zero-order valence-electron chi connectivity index (χ0n) is 11.4. The van der Waals surface area contributed by atoms with Crippen molar-refractivity contribution >= 4 is 32.5 Å². The molecule has 2 nitrogen and oxygen atoms in total. The standard InChI is InChI=1S/C17H14N2S/c1-10-7-8-11(2)16-15(10)19-17(20-16)14-9-12-5-3-4-6-13(12)18-14/h3-9,18H,1-2H3. The summed E-state index contributed by atoms with van der Waals surface area (Å²) in [5, 5.41) is 2.30. The first kappa shape index (κ1) is 11.7. The number of nitrogens with zero attached hydrogens (tertiary/aromatic N) is 1. The minimum absolute atomic E-state index is 1.06. The molecule has 0 radical (unpaired) electrons. The summed E-state index contributed by atoms with van der Waals surface area (Å²) in [6, 6.07) is 14.8. The number of H-pyrrole nitrogens is 1. The molecule has 0 spiro atoms. The smallest absolute Gasteiger partial charge is 0.140 e. The van der Waals surface area contributed by atoms with E-state index in [1.54, 1.807) is 11.3 Å². The van der Waals surface area contributed by atoms with Crippen molar-refractivity contribution in [2.75, 3.05) is 0 Å². The van der Waals surface area contributed by atoms with E-state index in [9.17, 15) is 0 Å². The zero-order chi connectivity index (χ0) is 13.7. The van der Waals surface area contributed by atoms with Gasteiger partial charge in [-0.05, 0) is 37.1 Å². The van der Waals surface area contributed by atoms with Gasteiger partial charge in [0.25, 0.3) is 0 Å². The summed E-state index contributed by atoms with van der Waals surface area (Å²) >= 11 is 1.76. The quantitative estimate of drug-likeness (QED) is 0.518. The van der Waals surface area contributed by atoms with Crippen LogP contribution < -0.4 is 0 Å². The maximum atomic E-state index is 4.83. The van der Waals surface area contributed by atoms with Gasteiger partial charge >= 0.3 is 0 Å². The molecule has 0 fully saturated rings. The largest absolute Gasteiger partial charge is 0.353 e. The molecule has 2 aromatic carbocycles. The molecule has 4 rings (SSSR count). The second-order valence-electron chi connectivity index (χ2n) is 5.17. The molecule has 2 aromatic heterocycles. The van der Waals surface area contributed by atoms with Crippen molar-refractivity contribution in [3.63, 3.8) is 0 Å².